The Balaban J connectivity index is 1.40. The van der Waals surface area contributed by atoms with Crippen LogP contribution < -0.4 is 9.64 Å². The minimum absolute atomic E-state index is 0.0710. The minimum atomic E-state index is 0.0710. The molecule has 0 radical (unpaired) electrons. The third kappa shape index (κ3) is 3.86. The predicted octanol–water partition coefficient (Wildman–Crippen LogP) is 4.93. The Labute approximate surface area is 185 Å². The summed E-state index contributed by atoms with van der Waals surface area (Å²) in [4.78, 5) is 23.7. The SMILES string of the molecule is COc1cccc(N2CCN(C(=O)c3cc(-c4cccs4)nc4ccccc34)CC2)c1. The Morgan fingerprint density at radius 2 is 1.81 bits per heavy atom. The van der Waals surface area contributed by atoms with Gasteiger partial charge in [-0.25, -0.2) is 4.98 Å². The van der Waals surface area contributed by atoms with Gasteiger partial charge < -0.3 is 14.5 Å². The fourth-order valence-electron chi connectivity index (χ4n) is 4.05. The van der Waals surface area contributed by atoms with E-state index in [0.29, 0.717) is 13.1 Å². The lowest BCUT2D eigenvalue weighted by molar-refractivity contribution is 0.0748. The van der Waals surface area contributed by atoms with E-state index >= 15 is 0 Å². The number of pyridine rings is 1. The van der Waals surface area contributed by atoms with Crippen LogP contribution in [0.2, 0.25) is 0 Å². The number of benzene rings is 2. The van der Waals surface area contributed by atoms with Crippen LogP contribution in [-0.2, 0) is 0 Å². The summed E-state index contributed by atoms with van der Waals surface area (Å²) >= 11 is 1.64. The van der Waals surface area contributed by atoms with E-state index in [0.717, 1.165) is 51.6 Å². The zero-order valence-corrected chi connectivity index (χ0v) is 18.1. The molecule has 2 aromatic carbocycles. The number of methoxy groups -OCH3 is 1. The van der Waals surface area contributed by atoms with Crippen LogP contribution in [0.5, 0.6) is 5.75 Å². The molecule has 3 heterocycles. The van der Waals surface area contributed by atoms with Gasteiger partial charge in [-0.3, -0.25) is 4.79 Å². The summed E-state index contributed by atoms with van der Waals surface area (Å²) < 4.78 is 5.35. The third-order valence-electron chi connectivity index (χ3n) is 5.71. The van der Waals surface area contributed by atoms with Crippen molar-refractivity contribution in [2.75, 3.05) is 38.2 Å². The van der Waals surface area contributed by atoms with Gasteiger partial charge in [-0.15, -0.1) is 11.3 Å². The summed E-state index contributed by atoms with van der Waals surface area (Å²) in [5.74, 6) is 0.919. The molecule has 0 saturated carbocycles. The number of nitrogens with zero attached hydrogens (tertiary/aromatic N) is 3. The zero-order chi connectivity index (χ0) is 21.2. The maximum absolute atomic E-state index is 13.5. The number of thiophene rings is 1. The molecule has 6 heteroatoms. The van der Waals surface area contributed by atoms with Crippen molar-refractivity contribution in [3.05, 3.63) is 77.7 Å². The molecule has 0 atom stereocenters. The van der Waals surface area contributed by atoms with Gasteiger partial charge in [-0.1, -0.05) is 30.3 Å². The summed E-state index contributed by atoms with van der Waals surface area (Å²) in [6, 6.07) is 22.0. The van der Waals surface area contributed by atoms with Gasteiger partial charge in [0.1, 0.15) is 5.75 Å². The lowest BCUT2D eigenvalue weighted by atomic mass is 10.1. The zero-order valence-electron chi connectivity index (χ0n) is 17.3. The van der Waals surface area contributed by atoms with Gasteiger partial charge in [0.2, 0.25) is 0 Å². The predicted molar refractivity (Wildman–Crippen MR) is 126 cm³/mol. The molecule has 1 fully saturated rings. The molecule has 5 nitrogen and oxygen atoms in total. The number of hydrogen-bond acceptors (Lipinski definition) is 5. The Bertz CT molecular complexity index is 1210. The first kappa shape index (κ1) is 19.6. The minimum Gasteiger partial charge on any atom is -0.497 e. The molecule has 156 valence electrons. The Morgan fingerprint density at radius 3 is 2.58 bits per heavy atom. The number of piperazine rings is 1. The van der Waals surface area contributed by atoms with Crippen molar-refractivity contribution in [1.82, 2.24) is 9.88 Å². The molecule has 0 N–H and O–H groups in total. The largest absolute Gasteiger partial charge is 0.497 e. The highest BCUT2D eigenvalue weighted by Gasteiger charge is 2.24. The molecule has 0 spiro atoms. The number of para-hydroxylation sites is 1. The van der Waals surface area contributed by atoms with Crippen LogP contribution in [0.4, 0.5) is 5.69 Å². The Morgan fingerprint density at radius 1 is 0.968 bits per heavy atom. The number of ether oxygens (including phenoxy) is 1. The monoisotopic (exact) mass is 429 g/mol. The molecule has 1 aliphatic heterocycles. The van der Waals surface area contributed by atoms with Crippen LogP contribution in [0.3, 0.4) is 0 Å². The van der Waals surface area contributed by atoms with E-state index in [1.54, 1.807) is 18.4 Å². The van der Waals surface area contributed by atoms with Crippen LogP contribution in [0, 0.1) is 0 Å². The maximum atomic E-state index is 13.5. The van der Waals surface area contributed by atoms with Crippen LogP contribution in [0.15, 0.2) is 72.1 Å². The number of aromatic nitrogens is 1. The highest BCUT2D eigenvalue weighted by atomic mass is 32.1. The highest BCUT2D eigenvalue weighted by molar-refractivity contribution is 7.13. The van der Waals surface area contributed by atoms with Gasteiger partial charge in [0.25, 0.3) is 5.91 Å². The third-order valence-corrected chi connectivity index (χ3v) is 6.60. The second-order valence-corrected chi connectivity index (χ2v) is 8.48. The van der Waals surface area contributed by atoms with Crippen molar-refractivity contribution >= 4 is 33.8 Å². The van der Waals surface area contributed by atoms with Gasteiger partial charge in [0, 0.05) is 43.3 Å². The van der Waals surface area contributed by atoms with Crippen LogP contribution in [0.25, 0.3) is 21.5 Å². The summed E-state index contributed by atoms with van der Waals surface area (Å²) in [5.41, 5.74) is 3.56. The van der Waals surface area contributed by atoms with E-state index in [1.807, 2.05) is 70.9 Å². The molecule has 1 saturated heterocycles. The van der Waals surface area contributed by atoms with Gasteiger partial charge in [0.15, 0.2) is 0 Å². The Hall–Kier alpha value is -3.38. The van der Waals surface area contributed by atoms with E-state index in [9.17, 15) is 4.79 Å². The van der Waals surface area contributed by atoms with Gasteiger partial charge in [-0.2, -0.15) is 0 Å². The lowest BCUT2D eigenvalue weighted by Gasteiger charge is -2.36. The Kier molecular flexibility index (Phi) is 5.30. The fourth-order valence-corrected chi connectivity index (χ4v) is 4.73. The summed E-state index contributed by atoms with van der Waals surface area (Å²) in [6.45, 7) is 2.95. The van der Waals surface area contributed by atoms with Gasteiger partial charge in [0.05, 0.1) is 28.8 Å². The standard InChI is InChI=1S/C25H23N3O2S/c1-30-19-7-4-6-18(16-19)27-11-13-28(14-12-27)25(29)21-17-23(24-10-5-15-31-24)26-22-9-3-2-8-20(21)22/h2-10,15-17H,11-14H2,1H3. The van der Waals surface area contributed by atoms with E-state index in [-0.39, 0.29) is 5.91 Å². The first-order chi connectivity index (χ1) is 15.2. The summed E-state index contributed by atoms with van der Waals surface area (Å²) in [7, 11) is 1.68. The molecular weight excluding hydrogens is 406 g/mol. The molecule has 0 aliphatic carbocycles. The van der Waals surface area contributed by atoms with Crippen molar-refractivity contribution in [1.29, 1.82) is 0 Å². The lowest BCUT2D eigenvalue weighted by Crippen LogP contribution is -2.48. The molecule has 1 amide bonds. The van der Waals surface area contributed by atoms with Crippen LogP contribution in [0.1, 0.15) is 10.4 Å². The molecule has 4 aromatic rings. The molecule has 0 unspecified atom stereocenters. The number of anilines is 1. The van der Waals surface area contributed by atoms with Gasteiger partial charge >= 0.3 is 0 Å². The normalized spacial score (nSPS) is 14.1. The van der Waals surface area contributed by atoms with Crippen molar-refractivity contribution in [2.45, 2.75) is 0 Å². The average molecular weight is 430 g/mol. The molecule has 1 aliphatic rings. The number of hydrogen-bond donors (Lipinski definition) is 0. The first-order valence-corrected chi connectivity index (χ1v) is 11.2. The maximum Gasteiger partial charge on any atom is 0.254 e. The summed E-state index contributed by atoms with van der Waals surface area (Å²) in [6.07, 6.45) is 0. The fraction of sp³-hybridized carbons (Fsp3) is 0.200. The first-order valence-electron chi connectivity index (χ1n) is 10.3. The van der Waals surface area contributed by atoms with Crippen LogP contribution in [-0.4, -0.2) is 49.1 Å². The smallest absolute Gasteiger partial charge is 0.254 e. The summed E-state index contributed by atoms with van der Waals surface area (Å²) in [5, 5.41) is 2.94. The second-order valence-electron chi connectivity index (χ2n) is 7.53. The topological polar surface area (TPSA) is 45.7 Å². The molecule has 2 aromatic heterocycles. The van der Waals surface area contributed by atoms with E-state index in [4.69, 9.17) is 9.72 Å². The highest BCUT2D eigenvalue weighted by Crippen LogP contribution is 2.29. The second kappa shape index (κ2) is 8.40. The van der Waals surface area contributed by atoms with E-state index in [1.165, 1.54) is 0 Å². The van der Waals surface area contributed by atoms with Crippen LogP contribution >= 0.6 is 11.3 Å². The quantitative estimate of drug-likeness (QED) is 0.461. The van der Waals surface area contributed by atoms with Crippen molar-refractivity contribution in [2.24, 2.45) is 0 Å². The van der Waals surface area contributed by atoms with Crippen molar-refractivity contribution in [3.8, 4) is 16.3 Å². The molecule has 31 heavy (non-hydrogen) atoms. The number of carbonyl (C=O) groups is 1. The van der Waals surface area contributed by atoms with Crippen molar-refractivity contribution in [3.63, 3.8) is 0 Å². The van der Waals surface area contributed by atoms with Crippen molar-refractivity contribution < 1.29 is 9.53 Å². The molecule has 5 rings (SSSR count). The van der Waals surface area contributed by atoms with Gasteiger partial charge in [-0.05, 0) is 35.7 Å². The van der Waals surface area contributed by atoms with E-state index in [2.05, 4.69) is 11.0 Å². The average Bonchev–Trinajstić information content (AvgIpc) is 3.38. The van der Waals surface area contributed by atoms with E-state index < -0.39 is 0 Å². The number of carbonyl (C=O) groups excluding carboxylic acids is 1. The molecule has 0 bridgehead atoms. The number of fused-ring (bicyclic) bond motifs is 1. The number of rotatable bonds is 4. The molecular formula is C25H23N3O2S. The number of amides is 1.